The average molecular weight is 409 g/mol. The fourth-order valence-electron chi connectivity index (χ4n) is 5.33. The van der Waals surface area contributed by atoms with Crippen molar-refractivity contribution in [3.05, 3.63) is 47.0 Å². The first kappa shape index (κ1) is 21.1. The average Bonchev–Trinajstić information content (AvgIpc) is 2.76. The van der Waals surface area contributed by atoms with E-state index in [4.69, 9.17) is 0 Å². The summed E-state index contributed by atoms with van der Waals surface area (Å²) < 4.78 is 0. The van der Waals surface area contributed by atoms with E-state index in [1.54, 1.807) is 0 Å². The third-order valence-electron chi connectivity index (χ3n) is 7.33. The van der Waals surface area contributed by atoms with Gasteiger partial charge in [0.15, 0.2) is 0 Å². The summed E-state index contributed by atoms with van der Waals surface area (Å²) in [6.45, 7) is 5.24. The Labute approximate surface area is 181 Å². The van der Waals surface area contributed by atoms with E-state index in [9.17, 15) is 9.59 Å². The summed E-state index contributed by atoms with van der Waals surface area (Å²) in [6, 6.07) is 7.91. The molecule has 1 unspecified atom stereocenters. The molecular weight excluding hydrogens is 372 g/mol. The van der Waals surface area contributed by atoms with Gasteiger partial charge >= 0.3 is 0 Å². The van der Waals surface area contributed by atoms with Crippen LogP contribution in [-0.4, -0.2) is 40.7 Å². The van der Waals surface area contributed by atoms with Crippen molar-refractivity contribution in [3.63, 3.8) is 0 Å². The molecule has 1 aliphatic heterocycles. The summed E-state index contributed by atoms with van der Waals surface area (Å²) in [6.07, 6.45) is 12.4. The number of allylic oxidation sites excluding steroid dienone is 1. The van der Waals surface area contributed by atoms with Crippen LogP contribution in [0.3, 0.4) is 0 Å². The van der Waals surface area contributed by atoms with E-state index in [1.807, 2.05) is 21.9 Å². The SMILES string of the molecule is Cc1ccc(C2C(=O)N(C3CCC(C)CC3)CC(=O)N2CCC2=CCCCC2)cc1. The number of hydrogen-bond acceptors (Lipinski definition) is 2. The number of amides is 2. The lowest BCUT2D eigenvalue weighted by Gasteiger charge is -2.45. The quantitative estimate of drug-likeness (QED) is 0.630. The molecular formula is C26H36N2O2. The van der Waals surface area contributed by atoms with Gasteiger partial charge in [-0.1, -0.05) is 48.4 Å². The summed E-state index contributed by atoms with van der Waals surface area (Å²) in [5.74, 6) is 0.954. The van der Waals surface area contributed by atoms with Gasteiger partial charge in [0.05, 0.1) is 0 Å². The van der Waals surface area contributed by atoms with Gasteiger partial charge in [-0.05, 0) is 76.2 Å². The second-order valence-corrected chi connectivity index (χ2v) is 9.64. The van der Waals surface area contributed by atoms with E-state index in [0.29, 0.717) is 6.54 Å². The standard InChI is InChI=1S/C26H36N2O2/c1-19-8-12-22(13-9-19)25-26(30)28(23-14-10-20(2)11-15-23)18-24(29)27(25)17-16-21-6-4-3-5-7-21/h6,8-9,12-13,20,23,25H,3-5,7,10-11,14-18H2,1-2H3. The van der Waals surface area contributed by atoms with Crippen LogP contribution in [0.2, 0.25) is 0 Å². The van der Waals surface area contributed by atoms with Gasteiger partial charge in [-0.3, -0.25) is 9.59 Å². The predicted octanol–water partition coefficient (Wildman–Crippen LogP) is 5.18. The van der Waals surface area contributed by atoms with Crippen molar-refractivity contribution in [3.8, 4) is 0 Å². The van der Waals surface area contributed by atoms with Crippen molar-refractivity contribution in [2.75, 3.05) is 13.1 Å². The number of piperazine rings is 1. The molecule has 2 fully saturated rings. The molecule has 0 bridgehead atoms. The molecule has 4 heteroatoms. The van der Waals surface area contributed by atoms with Gasteiger partial charge in [0.2, 0.25) is 5.91 Å². The number of nitrogens with zero attached hydrogens (tertiary/aromatic N) is 2. The summed E-state index contributed by atoms with van der Waals surface area (Å²) in [7, 11) is 0. The van der Waals surface area contributed by atoms with Crippen molar-refractivity contribution in [1.82, 2.24) is 9.80 Å². The van der Waals surface area contributed by atoms with Crippen molar-refractivity contribution in [2.24, 2.45) is 5.92 Å². The molecule has 0 radical (unpaired) electrons. The molecule has 0 N–H and O–H groups in total. The highest BCUT2D eigenvalue weighted by molar-refractivity contribution is 5.95. The Balaban J connectivity index is 1.57. The number of benzene rings is 1. The highest BCUT2D eigenvalue weighted by atomic mass is 16.2. The summed E-state index contributed by atoms with van der Waals surface area (Å²) in [5.41, 5.74) is 3.57. The molecule has 0 spiro atoms. The highest BCUT2D eigenvalue weighted by Gasteiger charge is 2.43. The maximum atomic E-state index is 13.7. The molecule has 1 atom stereocenters. The molecule has 1 heterocycles. The molecule has 1 aromatic rings. The van der Waals surface area contributed by atoms with E-state index in [0.717, 1.165) is 56.4 Å². The normalized spacial score (nSPS) is 27.9. The minimum Gasteiger partial charge on any atom is -0.328 e. The van der Waals surface area contributed by atoms with Crippen LogP contribution in [0, 0.1) is 12.8 Å². The molecule has 3 aliphatic rings. The third kappa shape index (κ3) is 4.63. The molecule has 162 valence electrons. The molecule has 2 aliphatic carbocycles. The third-order valence-corrected chi connectivity index (χ3v) is 7.33. The van der Waals surface area contributed by atoms with E-state index >= 15 is 0 Å². The number of rotatable bonds is 5. The van der Waals surface area contributed by atoms with Crippen LogP contribution >= 0.6 is 0 Å². The first-order chi connectivity index (χ1) is 14.5. The van der Waals surface area contributed by atoms with Crippen LogP contribution in [0.15, 0.2) is 35.9 Å². The van der Waals surface area contributed by atoms with Crippen LogP contribution in [0.4, 0.5) is 0 Å². The smallest absolute Gasteiger partial charge is 0.250 e. The van der Waals surface area contributed by atoms with Crippen molar-refractivity contribution in [2.45, 2.75) is 83.7 Å². The maximum absolute atomic E-state index is 13.7. The van der Waals surface area contributed by atoms with Gasteiger partial charge in [-0.15, -0.1) is 0 Å². The minimum absolute atomic E-state index is 0.107. The van der Waals surface area contributed by atoms with Gasteiger partial charge < -0.3 is 9.80 Å². The Morgan fingerprint density at radius 3 is 2.40 bits per heavy atom. The topological polar surface area (TPSA) is 40.6 Å². The molecule has 4 nitrogen and oxygen atoms in total. The van der Waals surface area contributed by atoms with Gasteiger partial charge in [0, 0.05) is 12.6 Å². The summed E-state index contributed by atoms with van der Waals surface area (Å²) in [5, 5.41) is 0. The predicted molar refractivity (Wildman–Crippen MR) is 120 cm³/mol. The Bertz CT molecular complexity index is 790. The van der Waals surface area contributed by atoms with Gasteiger partial charge in [0.1, 0.15) is 12.6 Å². The zero-order valence-electron chi connectivity index (χ0n) is 18.6. The van der Waals surface area contributed by atoms with Gasteiger partial charge in [0.25, 0.3) is 5.91 Å². The molecule has 4 rings (SSSR count). The largest absolute Gasteiger partial charge is 0.328 e. The molecule has 30 heavy (non-hydrogen) atoms. The lowest BCUT2D eigenvalue weighted by Crippen LogP contribution is -2.58. The molecule has 2 amide bonds. The van der Waals surface area contributed by atoms with E-state index in [-0.39, 0.29) is 24.4 Å². The Morgan fingerprint density at radius 2 is 1.73 bits per heavy atom. The van der Waals surface area contributed by atoms with Crippen LogP contribution < -0.4 is 0 Å². The van der Waals surface area contributed by atoms with E-state index in [2.05, 4.69) is 32.1 Å². The highest BCUT2D eigenvalue weighted by Crippen LogP contribution is 2.34. The second-order valence-electron chi connectivity index (χ2n) is 9.64. The molecule has 1 saturated carbocycles. The van der Waals surface area contributed by atoms with Crippen molar-refractivity contribution in [1.29, 1.82) is 0 Å². The fourth-order valence-corrected chi connectivity index (χ4v) is 5.33. The zero-order valence-corrected chi connectivity index (χ0v) is 18.6. The Hall–Kier alpha value is -2.10. The minimum atomic E-state index is -0.476. The Morgan fingerprint density at radius 1 is 1.00 bits per heavy atom. The van der Waals surface area contributed by atoms with E-state index in [1.165, 1.54) is 24.0 Å². The van der Waals surface area contributed by atoms with Crippen LogP contribution in [0.1, 0.15) is 81.9 Å². The molecule has 1 saturated heterocycles. The van der Waals surface area contributed by atoms with E-state index < -0.39 is 6.04 Å². The Kier molecular flexibility index (Phi) is 6.60. The number of carbonyl (C=O) groups excluding carboxylic acids is 2. The van der Waals surface area contributed by atoms with Crippen LogP contribution in [-0.2, 0) is 9.59 Å². The maximum Gasteiger partial charge on any atom is 0.250 e. The first-order valence-electron chi connectivity index (χ1n) is 11.9. The second kappa shape index (κ2) is 9.36. The number of aryl methyl sites for hydroxylation is 1. The molecule has 1 aromatic carbocycles. The zero-order chi connectivity index (χ0) is 21.1. The number of hydrogen-bond donors (Lipinski definition) is 0. The summed E-state index contributed by atoms with van der Waals surface area (Å²) >= 11 is 0. The van der Waals surface area contributed by atoms with Gasteiger partial charge in [-0.2, -0.15) is 0 Å². The lowest BCUT2D eigenvalue weighted by molar-refractivity contribution is -0.159. The van der Waals surface area contributed by atoms with Crippen LogP contribution in [0.5, 0.6) is 0 Å². The lowest BCUT2D eigenvalue weighted by atomic mass is 9.85. The van der Waals surface area contributed by atoms with Crippen LogP contribution in [0.25, 0.3) is 0 Å². The van der Waals surface area contributed by atoms with Crippen molar-refractivity contribution >= 4 is 11.8 Å². The first-order valence-corrected chi connectivity index (χ1v) is 11.9. The number of carbonyl (C=O) groups is 2. The van der Waals surface area contributed by atoms with Gasteiger partial charge in [-0.25, -0.2) is 0 Å². The monoisotopic (exact) mass is 408 g/mol. The van der Waals surface area contributed by atoms with Crippen molar-refractivity contribution < 1.29 is 9.59 Å². The fraction of sp³-hybridized carbons (Fsp3) is 0.615. The molecule has 0 aromatic heterocycles. The summed E-state index contributed by atoms with van der Waals surface area (Å²) in [4.78, 5) is 30.8.